The molecule has 0 radical (unpaired) electrons. The first-order valence-corrected chi connectivity index (χ1v) is 7.81. The first kappa shape index (κ1) is 16.2. The number of rotatable bonds is 7. The van der Waals surface area contributed by atoms with Gasteiger partial charge in [-0.1, -0.05) is 52.2 Å². The maximum absolute atomic E-state index is 10.5. The van der Waals surface area contributed by atoms with Crippen molar-refractivity contribution in [3.05, 3.63) is 34.4 Å². The molecule has 1 rings (SSSR count). The van der Waals surface area contributed by atoms with Crippen LogP contribution in [0.25, 0.3) is 0 Å². The van der Waals surface area contributed by atoms with E-state index in [4.69, 9.17) is 0 Å². The summed E-state index contributed by atoms with van der Waals surface area (Å²) in [6.45, 7) is 10.5. The highest BCUT2D eigenvalue weighted by molar-refractivity contribution is 5.43. The molecule has 0 fully saturated rings. The fourth-order valence-corrected chi connectivity index (χ4v) is 2.99. The van der Waals surface area contributed by atoms with Crippen molar-refractivity contribution in [3.8, 4) is 0 Å². The maximum atomic E-state index is 10.5. The lowest BCUT2D eigenvalue weighted by molar-refractivity contribution is 0.0766. The van der Waals surface area contributed by atoms with Gasteiger partial charge in [0.25, 0.3) is 0 Å². The third kappa shape index (κ3) is 4.35. The van der Waals surface area contributed by atoms with Crippen molar-refractivity contribution in [2.45, 2.75) is 78.7 Å². The predicted molar refractivity (Wildman–Crippen MR) is 83.7 cm³/mol. The summed E-state index contributed by atoms with van der Waals surface area (Å²) in [5.41, 5.74) is 4.58. The van der Waals surface area contributed by atoms with Gasteiger partial charge in [-0.05, 0) is 55.4 Å². The molecule has 1 N–H and O–H groups in total. The Morgan fingerprint density at radius 1 is 0.842 bits per heavy atom. The molecule has 0 spiro atoms. The number of benzene rings is 1. The van der Waals surface area contributed by atoms with E-state index in [0.29, 0.717) is 0 Å². The Hall–Kier alpha value is -0.820. The second-order valence-corrected chi connectivity index (χ2v) is 6.10. The summed E-state index contributed by atoms with van der Waals surface area (Å²) in [6, 6.07) is 4.64. The maximum Gasteiger partial charge on any atom is 0.0845 e. The molecule has 0 bridgehead atoms. The topological polar surface area (TPSA) is 20.2 Å². The van der Waals surface area contributed by atoms with E-state index in [2.05, 4.69) is 32.9 Å². The molecule has 0 heterocycles. The van der Waals surface area contributed by atoms with Crippen molar-refractivity contribution in [2.24, 2.45) is 0 Å². The monoisotopic (exact) mass is 262 g/mol. The van der Waals surface area contributed by atoms with Crippen molar-refractivity contribution in [2.75, 3.05) is 0 Å². The molecule has 0 aliphatic heterocycles. The Kier molecular flexibility index (Phi) is 6.06. The molecule has 1 aromatic rings. The van der Waals surface area contributed by atoms with Gasteiger partial charge in [-0.25, -0.2) is 0 Å². The molecule has 1 aromatic carbocycles. The first-order valence-electron chi connectivity index (χ1n) is 7.81. The zero-order valence-electron chi connectivity index (χ0n) is 13.3. The molecule has 1 heteroatoms. The van der Waals surface area contributed by atoms with E-state index >= 15 is 0 Å². The Morgan fingerprint density at radius 3 is 1.58 bits per heavy atom. The van der Waals surface area contributed by atoms with Gasteiger partial charge in [0.1, 0.15) is 0 Å². The van der Waals surface area contributed by atoms with E-state index in [1.54, 1.807) is 0 Å². The van der Waals surface area contributed by atoms with E-state index in [-0.39, 0.29) is 0 Å². The van der Waals surface area contributed by atoms with Crippen LogP contribution in [-0.2, 0) is 24.9 Å². The molecule has 0 aliphatic rings. The zero-order valence-corrected chi connectivity index (χ0v) is 13.3. The van der Waals surface area contributed by atoms with Crippen LogP contribution in [-0.4, -0.2) is 5.11 Å². The van der Waals surface area contributed by atoms with Crippen molar-refractivity contribution in [1.82, 2.24) is 0 Å². The lowest BCUT2D eigenvalue weighted by Gasteiger charge is -2.26. The molecule has 0 saturated heterocycles. The number of aliphatic hydroxyl groups is 1. The lowest BCUT2D eigenvalue weighted by atomic mass is 9.83. The number of hydrogen-bond donors (Lipinski definition) is 1. The van der Waals surface area contributed by atoms with E-state index in [1.165, 1.54) is 28.7 Å². The van der Waals surface area contributed by atoms with Crippen LogP contribution in [0.5, 0.6) is 0 Å². The van der Waals surface area contributed by atoms with Crippen LogP contribution < -0.4 is 0 Å². The van der Waals surface area contributed by atoms with Gasteiger partial charge >= 0.3 is 0 Å². The molecule has 0 aliphatic carbocycles. The largest absolute Gasteiger partial charge is 0.386 e. The summed E-state index contributed by atoms with van der Waals surface area (Å²) in [5, 5.41) is 10.5. The van der Waals surface area contributed by atoms with Gasteiger partial charge in [0, 0.05) is 0 Å². The normalized spacial score (nSPS) is 11.9. The number of aryl methyl sites for hydroxylation is 3. The molecule has 108 valence electrons. The molecule has 19 heavy (non-hydrogen) atoms. The zero-order chi connectivity index (χ0) is 14.5. The van der Waals surface area contributed by atoms with Gasteiger partial charge in [-0.2, -0.15) is 0 Å². The second kappa shape index (κ2) is 7.09. The molecular weight excluding hydrogens is 232 g/mol. The average Bonchev–Trinajstić information content (AvgIpc) is 2.28. The third-order valence-corrected chi connectivity index (χ3v) is 3.55. The summed E-state index contributed by atoms with van der Waals surface area (Å²) in [7, 11) is 0. The highest BCUT2D eigenvalue weighted by atomic mass is 16.3. The van der Waals surface area contributed by atoms with Gasteiger partial charge < -0.3 is 5.11 Å². The number of hydrogen-bond acceptors (Lipinski definition) is 1. The highest BCUT2D eigenvalue weighted by Crippen LogP contribution is 2.31. The molecule has 1 nitrogen and oxygen atoms in total. The molecule has 0 atom stereocenters. The Bertz CT molecular complexity index is 372. The minimum Gasteiger partial charge on any atom is -0.386 e. The summed E-state index contributed by atoms with van der Waals surface area (Å²) in [6.07, 6.45) is 6.70. The van der Waals surface area contributed by atoms with Gasteiger partial charge in [-0.3, -0.25) is 0 Å². The minimum absolute atomic E-state index is 0.736. The standard InChI is InChI=1S/C18H30O/c1-6-9-14-12-15(10-7-2)17(18(4,5)19)16(13-14)11-8-3/h12-13,19H,6-11H2,1-5H3. The van der Waals surface area contributed by atoms with Crippen LogP contribution in [0.2, 0.25) is 0 Å². The van der Waals surface area contributed by atoms with E-state index < -0.39 is 5.60 Å². The first-order chi connectivity index (χ1) is 8.93. The van der Waals surface area contributed by atoms with E-state index in [0.717, 1.165) is 32.1 Å². The fourth-order valence-electron chi connectivity index (χ4n) is 2.99. The van der Waals surface area contributed by atoms with Gasteiger partial charge in [-0.15, -0.1) is 0 Å². The highest BCUT2D eigenvalue weighted by Gasteiger charge is 2.23. The summed E-state index contributed by atoms with van der Waals surface area (Å²) in [5.74, 6) is 0. The quantitative estimate of drug-likeness (QED) is 0.750. The Morgan fingerprint density at radius 2 is 1.26 bits per heavy atom. The fraction of sp³-hybridized carbons (Fsp3) is 0.667. The van der Waals surface area contributed by atoms with Crippen LogP contribution in [0.3, 0.4) is 0 Å². The van der Waals surface area contributed by atoms with Gasteiger partial charge in [0.15, 0.2) is 0 Å². The summed E-state index contributed by atoms with van der Waals surface area (Å²) in [4.78, 5) is 0. The van der Waals surface area contributed by atoms with Crippen molar-refractivity contribution in [3.63, 3.8) is 0 Å². The molecule has 0 saturated carbocycles. The van der Waals surface area contributed by atoms with Crippen LogP contribution in [0.15, 0.2) is 12.1 Å². The smallest absolute Gasteiger partial charge is 0.0845 e. The molecule has 0 unspecified atom stereocenters. The molecule has 0 amide bonds. The average molecular weight is 262 g/mol. The van der Waals surface area contributed by atoms with Crippen LogP contribution in [0, 0.1) is 0 Å². The second-order valence-electron chi connectivity index (χ2n) is 6.10. The minimum atomic E-state index is -0.736. The Labute approximate surface area is 119 Å². The molecule has 0 aromatic heterocycles. The van der Waals surface area contributed by atoms with Crippen molar-refractivity contribution < 1.29 is 5.11 Å². The Balaban J connectivity index is 3.37. The van der Waals surface area contributed by atoms with Crippen molar-refractivity contribution in [1.29, 1.82) is 0 Å². The van der Waals surface area contributed by atoms with Crippen LogP contribution >= 0.6 is 0 Å². The van der Waals surface area contributed by atoms with Crippen molar-refractivity contribution >= 4 is 0 Å². The van der Waals surface area contributed by atoms with Crippen LogP contribution in [0.1, 0.15) is 76.1 Å². The van der Waals surface area contributed by atoms with Gasteiger partial charge in [0.05, 0.1) is 5.60 Å². The van der Waals surface area contributed by atoms with E-state index in [9.17, 15) is 5.11 Å². The van der Waals surface area contributed by atoms with Crippen LogP contribution in [0.4, 0.5) is 0 Å². The molecular formula is C18H30O. The lowest BCUT2D eigenvalue weighted by Crippen LogP contribution is -2.21. The summed E-state index contributed by atoms with van der Waals surface area (Å²) < 4.78 is 0. The summed E-state index contributed by atoms with van der Waals surface area (Å²) >= 11 is 0. The predicted octanol–water partition coefficient (Wildman–Crippen LogP) is 4.77. The van der Waals surface area contributed by atoms with Gasteiger partial charge in [0.2, 0.25) is 0 Å². The third-order valence-electron chi connectivity index (χ3n) is 3.55. The SMILES string of the molecule is CCCc1cc(CCC)c(C(C)(C)O)c(CCC)c1. The van der Waals surface area contributed by atoms with E-state index in [1.807, 2.05) is 13.8 Å².